The van der Waals surface area contributed by atoms with Gasteiger partial charge in [-0.3, -0.25) is 4.48 Å². The van der Waals surface area contributed by atoms with E-state index in [-0.39, 0.29) is 0 Å². The number of nitrogens with zero attached hydrogens (tertiary/aromatic N) is 1. The zero-order valence-corrected chi connectivity index (χ0v) is 12.1. The highest BCUT2D eigenvalue weighted by atomic mass is 15.3. The second-order valence-electron chi connectivity index (χ2n) is 5.66. The third-order valence-corrected chi connectivity index (χ3v) is 4.12. The topological polar surface area (TPSA) is 0 Å². The molecule has 1 heteroatoms. The van der Waals surface area contributed by atoms with Crippen LogP contribution in [-0.2, 0) is 0 Å². The van der Waals surface area contributed by atoms with E-state index in [1.54, 1.807) is 16.8 Å². The first kappa shape index (κ1) is 14.2. The highest BCUT2D eigenvalue weighted by Crippen LogP contribution is 2.40. The standard InChI is InChI=1S/C14H24N.C2H4/c1-11(2)13-8-6-10-15(4)9-5-7-12(3)14(13)15;1-2/h5-10H2,1-4H3;1-2H2/q+1;. The molecule has 0 aliphatic carbocycles. The second-order valence-corrected chi connectivity index (χ2v) is 5.66. The molecule has 2 rings (SSSR count). The monoisotopic (exact) mass is 234 g/mol. The molecule has 1 nitrogen and oxygen atoms in total. The first-order chi connectivity index (χ1) is 8.04. The SMILES string of the molecule is C=C.CC(C)=C1CCC[N+]2(C)CCCC(C)=C12. The van der Waals surface area contributed by atoms with E-state index in [4.69, 9.17) is 0 Å². The van der Waals surface area contributed by atoms with Gasteiger partial charge in [0.2, 0.25) is 0 Å². The number of piperidine rings is 1. The molecule has 0 aromatic heterocycles. The van der Waals surface area contributed by atoms with Gasteiger partial charge in [0.05, 0.1) is 20.1 Å². The van der Waals surface area contributed by atoms with E-state index in [0.717, 1.165) is 0 Å². The molecule has 1 unspecified atom stereocenters. The second kappa shape index (κ2) is 5.68. The maximum atomic E-state index is 3.00. The van der Waals surface area contributed by atoms with E-state index >= 15 is 0 Å². The quantitative estimate of drug-likeness (QED) is 0.429. The van der Waals surface area contributed by atoms with Crippen LogP contribution in [0.15, 0.2) is 35.6 Å². The van der Waals surface area contributed by atoms with Crippen molar-refractivity contribution in [3.8, 4) is 0 Å². The minimum absolute atomic E-state index is 1.21. The van der Waals surface area contributed by atoms with Gasteiger partial charge in [0, 0.05) is 18.4 Å². The third-order valence-electron chi connectivity index (χ3n) is 4.12. The van der Waals surface area contributed by atoms with Crippen LogP contribution in [-0.4, -0.2) is 24.6 Å². The van der Waals surface area contributed by atoms with E-state index in [0.29, 0.717) is 0 Å². The van der Waals surface area contributed by atoms with Crippen molar-refractivity contribution in [1.82, 2.24) is 0 Å². The van der Waals surface area contributed by atoms with E-state index in [9.17, 15) is 0 Å². The van der Waals surface area contributed by atoms with Crippen LogP contribution in [0.5, 0.6) is 0 Å². The Hall–Kier alpha value is -0.820. The molecule has 1 atom stereocenters. The highest BCUT2D eigenvalue weighted by Gasteiger charge is 2.37. The van der Waals surface area contributed by atoms with Crippen molar-refractivity contribution in [3.05, 3.63) is 35.6 Å². The Balaban J connectivity index is 0.000000686. The number of fused-ring (bicyclic) bond motifs is 1. The predicted octanol–water partition coefficient (Wildman–Crippen LogP) is 4.43. The molecule has 0 amide bonds. The lowest BCUT2D eigenvalue weighted by atomic mass is 9.87. The minimum atomic E-state index is 1.21. The van der Waals surface area contributed by atoms with Gasteiger partial charge < -0.3 is 0 Å². The van der Waals surface area contributed by atoms with Crippen molar-refractivity contribution in [2.24, 2.45) is 0 Å². The van der Waals surface area contributed by atoms with Gasteiger partial charge in [0.15, 0.2) is 0 Å². The fourth-order valence-corrected chi connectivity index (χ4v) is 3.40. The Bertz CT molecular complexity index is 345. The molecule has 0 aromatic rings. The van der Waals surface area contributed by atoms with E-state index < -0.39 is 0 Å². The molecule has 0 saturated carbocycles. The fraction of sp³-hybridized carbons (Fsp3) is 0.625. The molecule has 1 saturated heterocycles. The summed E-state index contributed by atoms with van der Waals surface area (Å²) in [5, 5.41) is 0. The summed E-state index contributed by atoms with van der Waals surface area (Å²) in [6.45, 7) is 15.6. The predicted molar refractivity (Wildman–Crippen MR) is 76.7 cm³/mol. The van der Waals surface area contributed by atoms with Crippen molar-refractivity contribution in [2.45, 2.75) is 46.5 Å². The Morgan fingerprint density at radius 3 is 2.12 bits per heavy atom. The Labute approximate surface area is 107 Å². The first-order valence-electron chi connectivity index (χ1n) is 6.76. The summed E-state index contributed by atoms with van der Waals surface area (Å²) in [5.41, 5.74) is 6.54. The molecule has 0 aromatic carbocycles. The van der Waals surface area contributed by atoms with Crippen LogP contribution in [0, 0.1) is 0 Å². The van der Waals surface area contributed by atoms with E-state index in [1.807, 2.05) is 0 Å². The maximum absolute atomic E-state index is 3.00. The number of hydrogen-bond acceptors (Lipinski definition) is 0. The van der Waals surface area contributed by atoms with Crippen LogP contribution in [0.25, 0.3) is 0 Å². The van der Waals surface area contributed by atoms with Crippen molar-refractivity contribution in [3.63, 3.8) is 0 Å². The maximum Gasteiger partial charge on any atom is 0.134 e. The average Bonchev–Trinajstić information content (AvgIpc) is 2.30. The lowest BCUT2D eigenvalue weighted by molar-refractivity contribution is -0.876. The molecular weight excluding hydrogens is 206 g/mol. The minimum Gasteiger partial charge on any atom is -0.293 e. The molecule has 17 heavy (non-hydrogen) atoms. The summed E-state index contributed by atoms with van der Waals surface area (Å²) >= 11 is 0. The lowest BCUT2D eigenvalue weighted by Gasteiger charge is -2.44. The van der Waals surface area contributed by atoms with Crippen LogP contribution in [0.1, 0.15) is 46.5 Å². The number of rotatable bonds is 0. The summed E-state index contributed by atoms with van der Waals surface area (Å²) < 4.78 is 1.21. The molecular formula is C16H28N+. The van der Waals surface area contributed by atoms with Crippen LogP contribution in [0.4, 0.5) is 0 Å². The zero-order chi connectivity index (χ0) is 13.1. The number of hydrogen-bond donors (Lipinski definition) is 0. The number of allylic oxidation sites excluding steroid dienone is 3. The molecule has 2 aliphatic heterocycles. The van der Waals surface area contributed by atoms with Crippen LogP contribution < -0.4 is 0 Å². The van der Waals surface area contributed by atoms with Crippen molar-refractivity contribution in [1.29, 1.82) is 0 Å². The Morgan fingerprint density at radius 1 is 1.06 bits per heavy atom. The van der Waals surface area contributed by atoms with Gasteiger partial charge in [-0.15, -0.1) is 13.2 Å². The molecule has 2 aliphatic rings. The third kappa shape index (κ3) is 2.71. The largest absolute Gasteiger partial charge is 0.293 e. The van der Waals surface area contributed by atoms with E-state index in [1.165, 1.54) is 48.8 Å². The molecule has 1 fully saturated rings. The van der Waals surface area contributed by atoms with Crippen LogP contribution in [0.2, 0.25) is 0 Å². The van der Waals surface area contributed by atoms with Crippen molar-refractivity contribution < 1.29 is 4.48 Å². The van der Waals surface area contributed by atoms with Gasteiger partial charge in [-0.05, 0) is 39.2 Å². The highest BCUT2D eigenvalue weighted by molar-refractivity contribution is 5.35. The molecule has 0 bridgehead atoms. The normalized spacial score (nSPS) is 28.1. The van der Waals surface area contributed by atoms with Gasteiger partial charge in [-0.2, -0.15) is 0 Å². The lowest BCUT2D eigenvalue weighted by Crippen LogP contribution is -2.49. The van der Waals surface area contributed by atoms with Crippen molar-refractivity contribution in [2.75, 3.05) is 20.1 Å². The van der Waals surface area contributed by atoms with Crippen molar-refractivity contribution >= 4 is 0 Å². The van der Waals surface area contributed by atoms with Gasteiger partial charge in [0.1, 0.15) is 5.70 Å². The van der Waals surface area contributed by atoms with E-state index in [2.05, 4.69) is 41.0 Å². The summed E-state index contributed by atoms with van der Waals surface area (Å²) in [5.74, 6) is 0. The molecule has 0 N–H and O–H groups in total. The Kier molecular flexibility index (Phi) is 4.76. The molecule has 0 radical (unpaired) electrons. The first-order valence-corrected chi connectivity index (χ1v) is 6.76. The average molecular weight is 234 g/mol. The smallest absolute Gasteiger partial charge is 0.134 e. The van der Waals surface area contributed by atoms with Gasteiger partial charge in [-0.1, -0.05) is 5.57 Å². The summed E-state index contributed by atoms with van der Waals surface area (Å²) in [4.78, 5) is 0. The van der Waals surface area contributed by atoms with Crippen LogP contribution >= 0.6 is 0 Å². The molecule has 2 heterocycles. The van der Waals surface area contributed by atoms with Crippen LogP contribution in [0.3, 0.4) is 0 Å². The number of quaternary nitrogens is 1. The summed E-state index contributed by atoms with van der Waals surface area (Å²) in [7, 11) is 2.43. The van der Waals surface area contributed by atoms with Gasteiger partial charge in [-0.25, -0.2) is 0 Å². The number of likely N-dealkylation sites (N-methyl/N-ethyl adjacent to an activating group) is 1. The summed E-state index contributed by atoms with van der Waals surface area (Å²) in [6.07, 6.45) is 5.37. The fourth-order valence-electron chi connectivity index (χ4n) is 3.40. The molecule has 0 spiro atoms. The Morgan fingerprint density at radius 2 is 1.59 bits per heavy atom. The summed E-state index contributed by atoms with van der Waals surface area (Å²) in [6, 6.07) is 0. The van der Waals surface area contributed by atoms with Gasteiger partial charge in [0.25, 0.3) is 0 Å². The van der Waals surface area contributed by atoms with Gasteiger partial charge >= 0.3 is 0 Å². The molecule has 96 valence electrons. The zero-order valence-electron chi connectivity index (χ0n) is 12.1.